The van der Waals surface area contributed by atoms with Crippen LogP contribution in [0.5, 0.6) is 11.5 Å². The third kappa shape index (κ3) is 3.79. The van der Waals surface area contributed by atoms with Crippen molar-refractivity contribution in [1.29, 1.82) is 0 Å². The SMILES string of the molecule is CN(CC1COc2ccccc2O1)C(=O)C1Cc2ccccc2CN1.Cl. The van der Waals surface area contributed by atoms with Gasteiger partial charge in [0.2, 0.25) is 5.91 Å². The molecular weight excluding hydrogens is 352 g/mol. The third-order valence-electron chi connectivity index (χ3n) is 4.80. The highest BCUT2D eigenvalue weighted by molar-refractivity contribution is 5.85. The molecule has 2 aliphatic rings. The number of para-hydroxylation sites is 2. The van der Waals surface area contributed by atoms with E-state index >= 15 is 0 Å². The summed E-state index contributed by atoms with van der Waals surface area (Å²) in [6, 6.07) is 15.7. The summed E-state index contributed by atoms with van der Waals surface area (Å²) in [5, 5.41) is 3.35. The van der Waals surface area contributed by atoms with E-state index < -0.39 is 0 Å². The molecule has 2 unspecified atom stereocenters. The molecular formula is C20H23ClN2O3. The second-order valence-corrected chi connectivity index (χ2v) is 6.62. The number of amides is 1. The fourth-order valence-corrected chi connectivity index (χ4v) is 3.44. The highest BCUT2D eigenvalue weighted by Crippen LogP contribution is 2.31. The highest BCUT2D eigenvalue weighted by atomic mass is 35.5. The Balaban J connectivity index is 0.00000196. The van der Waals surface area contributed by atoms with Gasteiger partial charge in [0.05, 0.1) is 12.6 Å². The van der Waals surface area contributed by atoms with E-state index in [9.17, 15) is 4.79 Å². The lowest BCUT2D eigenvalue weighted by atomic mass is 9.95. The van der Waals surface area contributed by atoms with Crippen molar-refractivity contribution in [2.45, 2.75) is 25.1 Å². The van der Waals surface area contributed by atoms with Crippen LogP contribution in [0, 0.1) is 0 Å². The zero-order chi connectivity index (χ0) is 17.2. The topological polar surface area (TPSA) is 50.8 Å². The van der Waals surface area contributed by atoms with Crippen LogP contribution < -0.4 is 14.8 Å². The minimum absolute atomic E-state index is 0. The van der Waals surface area contributed by atoms with Crippen molar-refractivity contribution >= 4 is 18.3 Å². The summed E-state index contributed by atoms with van der Waals surface area (Å²) in [6.45, 7) is 1.69. The van der Waals surface area contributed by atoms with Gasteiger partial charge in [-0.1, -0.05) is 36.4 Å². The standard InChI is InChI=1S/C20H22N2O3.ClH/c1-22(12-16-13-24-18-8-4-5-9-19(18)25-16)20(23)17-10-14-6-2-3-7-15(14)11-21-17;/h2-9,16-17,21H,10-13H2,1H3;1H. The molecule has 2 heterocycles. The first-order chi connectivity index (χ1) is 12.2. The maximum absolute atomic E-state index is 12.8. The second-order valence-electron chi connectivity index (χ2n) is 6.62. The van der Waals surface area contributed by atoms with E-state index in [1.54, 1.807) is 4.90 Å². The number of carbonyl (C=O) groups is 1. The number of likely N-dealkylation sites (N-methyl/N-ethyl adjacent to an activating group) is 1. The first-order valence-electron chi connectivity index (χ1n) is 8.64. The normalized spacial score (nSPS) is 20.5. The fourth-order valence-electron chi connectivity index (χ4n) is 3.44. The molecule has 0 aliphatic carbocycles. The molecule has 0 fully saturated rings. The molecule has 4 rings (SSSR count). The average molecular weight is 375 g/mol. The van der Waals surface area contributed by atoms with E-state index in [1.165, 1.54) is 11.1 Å². The van der Waals surface area contributed by atoms with Crippen LogP contribution >= 0.6 is 12.4 Å². The van der Waals surface area contributed by atoms with E-state index in [0.717, 1.165) is 24.5 Å². The smallest absolute Gasteiger partial charge is 0.239 e. The Kier molecular flexibility index (Phi) is 5.69. The van der Waals surface area contributed by atoms with E-state index in [1.807, 2.05) is 43.4 Å². The minimum Gasteiger partial charge on any atom is -0.486 e. The van der Waals surface area contributed by atoms with Gasteiger partial charge in [-0.25, -0.2) is 0 Å². The number of hydrogen-bond donors (Lipinski definition) is 1. The number of hydrogen-bond acceptors (Lipinski definition) is 4. The summed E-state index contributed by atoms with van der Waals surface area (Å²) in [7, 11) is 1.83. The van der Waals surface area contributed by atoms with Crippen LogP contribution in [0.3, 0.4) is 0 Å². The molecule has 0 bridgehead atoms. The van der Waals surface area contributed by atoms with Crippen molar-refractivity contribution in [3.05, 3.63) is 59.7 Å². The van der Waals surface area contributed by atoms with Crippen molar-refractivity contribution in [1.82, 2.24) is 10.2 Å². The molecule has 0 saturated heterocycles. The monoisotopic (exact) mass is 374 g/mol. The van der Waals surface area contributed by atoms with E-state index in [2.05, 4.69) is 17.4 Å². The molecule has 26 heavy (non-hydrogen) atoms. The Hall–Kier alpha value is -2.24. The van der Waals surface area contributed by atoms with Crippen LogP contribution in [0.2, 0.25) is 0 Å². The number of halogens is 1. The van der Waals surface area contributed by atoms with Crippen LogP contribution in [0.25, 0.3) is 0 Å². The van der Waals surface area contributed by atoms with Crippen LogP contribution in [0.4, 0.5) is 0 Å². The maximum atomic E-state index is 12.8. The average Bonchev–Trinajstić information content (AvgIpc) is 2.67. The zero-order valence-corrected chi connectivity index (χ0v) is 15.5. The lowest BCUT2D eigenvalue weighted by Crippen LogP contribution is -2.51. The van der Waals surface area contributed by atoms with Crippen LogP contribution in [-0.4, -0.2) is 43.2 Å². The molecule has 1 amide bonds. The Morgan fingerprint density at radius 3 is 2.62 bits per heavy atom. The van der Waals surface area contributed by atoms with Crippen LogP contribution in [-0.2, 0) is 17.8 Å². The Morgan fingerprint density at radius 2 is 1.81 bits per heavy atom. The van der Waals surface area contributed by atoms with Gasteiger partial charge in [0.25, 0.3) is 0 Å². The van der Waals surface area contributed by atoms with Gasteiger partial charge in [-0.15, -0.1) is 12.4 Å². The van der Waals surface area contributed by atoms with Gasteiger partial charge >= 0.3 is 0 Å². The molecule has 0 aromatic heterocycles. The number of carbonyl (C=O) groups excluding carboxylic acids is 1. The first kappa shape index (κ1) is 18.5. The fraction of sp³-hybridized carbons (Fsp3) is 0.350. The number of fused-ring (bicyclic) bond motifs is 2. The predicted molar refractivity (Wildman–Crippen MR) is 102 cm³/mol. The van der Waals surface area contributed by atoms with Gasteiger partial charge in [0.15, 0.2) is 17.6 Å². The summed E-state index contributed by atoms with van der Waals surface area (Å²) in [5.74, 6) is 1.60. The molecule has 6 heteroatoms. The first-order valence-corrected chi connectivity index (χ1v) is 8.64. The van der Waals surface area contributed by atoms with E-state index in [0.29, 0.717) is 13.2 Å². The molecule has 0 spiro atoms. The lowest BCUT2D eigenvalue weighted by Gasteiger charge is -2.32. The number of benzene rings is 2. The molecule has 2 aliphatic heterocycles. The van der Waals surface area contributed by atoms with Gasteiger partial charge in [0.1, 0.15) is 6.61 Å². The van der Waals surface area contributed by atoms with E-state index in [4.69, 9.17) is 9.47 Å². The van der Waals surface area contributed by atoms with Gasteiger partial charge < -0.3 is 19.7 Å². The lowest BCUT2D eigenvalue weighted by molar-refractivity contribution is -0.133. The van der Waals surface area contributed by atoms with Crippen molar-refractivity contribution in [3.8, 4) is 11.5 Å². The number of nitrogens with one attached hydrogen (secondary N) is 1. The number of nitrogens with zero attached hydrogens (tertiary/aromatic N) is 1. The molecule has 0 radical (unpaired) electrons. The summed E-state index contributed by atoms with van der Waals surface area (Å²) >= 11 is 0. The van der Waals surface area contributed by atoms with Crippen LogP contribution in [0.1, 0.15) is 11.1 Å². The molecule has 2 aromatic carbocycles. The molecule has 1 N–H and O–H groups in total. The summed E-state index contributed by atoms with van der Waals surface area (Å²) in [4.78, 5) is 14.5. The third-order valence-corrected chi connectivity index (χ3v) is 4.80. The van der Waals surface area contributed by atoms with Crippen LogP contribution in [0.15, 0.2) is 48.5 Å². The molecule has 5 nitrogen and oxygen atoms in total. The van der Waals surface area contributed by atoms with Crippen molar-refractivity contribution in [2.75, 3.05) is 20.2 Å². The Labute approximate surface area is 159 Å². The number of rotatable bonds is 3. The van der Waals surface area contributed by atoms with Gasteiger partial charge in [-0.2, -0.15) is 0 Å². The zero-order valence-electron chi connectivity index (χ0n) is 14.7. The largest absolute Gasteiger partial charge is 0.486 e. The molecule has 2 atom stereocenters. The van der Waals surface area contributed by atoms with Crippen molar-refractivity contribution in [2.24, 2.45) is 0 Å². The Morgan fingerprint density at radius 1 is 1.12 bits per heavy atom. The summed E-state index contributed by atoms with van der Waals surface area (Å²) in [5.41, 5.74) is 2.52. The van der Waals surface area contributed by atoms with Gasteiger partial charge in [0, 0.05) is 13.6 Å². The van der Waals surface area contributed by atoms with Crippen molar-refractivity contribution in [3.63, 3.8) is 0 Å². The highest BCUT2D eigenvalue weighted by Gasteiger charge is 2.29. The van der Waals surface area contributed by atoms with E-state index in [-0.39, 0.29) is 30.5 Å². The molecule has 138 valence electrons. The second kappa shape index (κ2) is 7.98. The van der Waals surface area contributed by atoms with Crippen molar-refractivity contribution < 1.29 is 14.3 Å². The summed E-state index contributed by atoms with van der Waals surface area (Å²) in [6.07, 6.45) is 0.573. The quantitative estimate of drug-likeness (QED) is 0.896. The predicted octanol–water partition coefficient (Wildman–Crippen LogP) is 2.42. The van der Waals surface area contributed by atoms with Gasteiger partial charge in [-0.3, -0.25) is 4.79 Å². The molecule has 2 aromatic rings. The molecule has 0 saturated carbocycles. The summed E-state index contributed by atoms with van der Waals surface area (Å²) < 4.78 is 11.7. The minimum atomic E-state index is -0.184. The Bertz CT molecular complexity index is 783. The van der Waals surface area contributed by atoms with Gasteiger partial charge in [-0.05, 0) is 29.7 Å². The maximum Gasteiger partial charge on any atom is 0.239 e. The number of ether oxygens (including phenoxy) is 2.